The summed E-state index contributed by atoms with van der Waals surface area (Å²) >= 11 is 1.27. The van der Waals surface area contributed by atoms with E-state index < -0.39 is 5.97 Å². The highest BCUT2D eigenvalue weighted by Crippen LogP contribution is 2.21. The fourth-order valence-electron chi connectivity index (χ4n) is 2.11. The molecule has 24 heavy (non-hydrogen) atoms. The van der Waals surface area contributed by atoms with Gasteiger partial charge in [-0.25, -0.2) is 15.0 Å². The van der Waals surface area contributed by atoms with Gasteiger partial charge in [0.15, 0.2) is 10.8 Å². The molecule has 128 valence electrons. The summed E-state index contributed by atoms with van der Waals surface area (Å²) in [7, 11) is 0. The van der Waals surface area contributed by atoms with E-state index >= 15 is 0 Å². The third kappa shape index (κ3) is 6.04. The van der Waals surface area contributed by atoms with Crippen molar-refractivity contribution in [3.05, 3.63) is 29.5 Å². The topological polar surface area (TPSA) is 105 Å². The largest absolute Gasteiger partial charge is 0.481 e. The lowest BCUT2D eigenvalue weighted by Gasteiger charge is -2.03. The third-order valence-corrected chi connectivity index (χ3v) is 4.33. The highest BCUT2D eigenvalue weighted by molar-refractivity contribution is 7.16. The van der Waals surface area contributed by atoms with Crippen LogP contribution in [0, 0.1) is 0 Å². The predicted octanol–water partition coefficient (Wildman–Crippen LogP) is 2.76. The van der Waals surface area contributed by atoms with Gasteiger partial charge in [0, 0.05) is 25.4 Å². The molecule has 0 bridgehead atoms. The molecule has 0 saturated heterocycles. The van der Waals surface area contributed by atoms with Gasteiger partial charge in [-0.1, -0.05) is 19.3 Å². The van der Waals surface area contributed by atoms with E-state index in [-0.39, 0.29) is 12.3 Å². The number of thiazole rings is 1. The number of nitrogens with one attached hydrogen (secondary N) is 1. The molecule has 2 aromatic heterocycles. The Labute approximate surface area is 144 Å². The molecule has 0 aromatic carbocycles. The molecule has 0 unspecified atom stereocenters. The molecule has 0 saturated carbocycles. The Hall–Kier alpha value is -2.35. The molecule has 2 rings (SSSR count). The molecular weight excluding hydrogens is 328 g/mol. The maximum Gasteiger partial charge on any atom is 0.303 e. The normalized spacial score (nSPS) is 10.5. The molecule has 0 aliphatic rings. The van der Waals surface area contributed by atoms with Gasteiger partial charge in [-0.2, -0.15) is 0 Å². The second-order valence-corrected chi connectivity index (χ2v) is 6.30. The van der Waals surface area contributed by atoms with Crippen LogP contribution >= 0.6 is 11.3 Å². The lowest BCUT2D eigenvalue weighted by Crippen LogP contribution is -2.23. The van der Waals surface area contributed by atoms with Crippen molar-refractivity contribution < 1.29 is 14.7 Å². The standard InChI is InChI=1S/C16H20N4O3S/c21-13(22)7-4-2-1-3-5-8-19-15(23)12-11-20-16(24-12)14-17-9-6-10-18-14/h6,9-11H,1-5,7-8H2,(H,19,23)(H,21,22). The molecule has 0 radical (unpaired) electrons. The number of unbranched alkanes of at least 4 members (excludes halogenated alkanes) is 4. The summed E-state index contributed by atoms with van der Waals surface area (Å²) < 4.78 is 0. The van der Waals surface area contributed by atoms with Crippen LogP contribution in [0.4, 0.5) is 0 Å². The van der Waals surface area contributed by atoms with Crippen LogP contribution in [0.25, 0.3) is 10.8 Å². The number of hydrogen-bond donors (Lipinski definition) is 2. The quantitative estimate of drug-likeness (QED) is 0.640. The van der Waals surface area contributed by atoms with Gasteiger partial charge in [0.2, 0.25) is 0 Å². The van der Waals surface area contributed by atoms with Gasteiger partial charge < -0.3 is 10.4 Å². The molecule has 0 aliphatic heterocycles. The SMILES string of the molecule is O=C(O)CCCCCCCNC(=O)c1cnc(-c2ncccn2)s1. The number of aliphatic carboxylic acids is 1. The number of carbonyl (C=O) groups excluding carboxylic acids is 1. The van der Waals surface area contributed by atoms with Gasteiger partial charge in [-0.05, 0) is 18.9 Å². The highest BCUT2D eigenvalue weighted by atomic mass is 32.1. The minimum Gasteiger partial charge on any atom is -0.481 e. The molecule has 0 atom stereocenters. The number of carboxylic acid groups (broad SMARTS) is 1. The van der Waals surface area contributed by atoms with Crippen LogP contribution < -0.4 is 5.32 Å². The van der Waals surface area contributed by atoms with Crippen LogP contribution in [0.1, 0.15) is 48.2 Å². The van der Waals surface area contributed by atoms with Crippen LogP contribution in [0.5, 0.6) is 0 Å². The minimum absolute atomic E-state index is 0.138. The summed E-state index contributed by atoms with van der Waals surface area (Å²) in [4.78, 5) is 35.4. The number of carbonyl (C=O) groups is 2. The molecule has 7 nitrogen and oxygen atoms in total. The average molecular weight is 348 g/mol. The summed E-state index contributed by atoms with van der Waals surface area (Å²) in [5, 5.41) is 12.0. The van der Waals surface area contributed by atoms with Gasteiger partial charge in [0.25, 0.3) is 5.91 Å². The Morgan fingerprint density at radius 2 is 1.75 bits per heavy atom. The number of nitrogens with zero attached hydrogens (tertiary/aromatic N) is 3. The summed E-state index contributed by atoms with van der Waals surface area (Å²) in [6, 6.07) is 1.73. The molecule has 2 N–H and O–H groups in total. The van der Waals surface area contributed by atoms with Crippen LogP contribution in [0.3, 0.4) is 0 Å². The molecule has 2 aromatic rings. The summed E-state index contributed by atoms with van der Waals surface area (Å²) in [5.41, 5.74) is 0. The number of aromatic nitrogens is 3. The van der Waals surface area contributed by atoms with Crippen molar-refractivity contribution in [2.45, 2.75) is 38.5 Å². The van der Waals surface area contributed by atoms with E-state index in [2.05, 4.69) is 20.3 Å². The van der Waals surface area contributed by atoms with E-state index in [1.165, 1.54) is 17.5 Å². The van der Waals surface area contributed by atoms with Crippen molar-refractivity contribution in [3.63, 3.8) is 0 Å². The molecule has 0 aliphatic carbocycles. The van der Waals surface area contributed by atoms with E-state index in [0.29, 0.717) is 28.7 Å². The average Bonchev–Trinajstić information content (AvgIpc) is 3.08. The molecule has 1 amide bonds. The van der Waals surface area contributed by atoms with Gasteiger partial charge >= 0.3 is 5.97 Å². The maximum absolute atomic E-state index is 12.1. The second-order valence-electron chi connectivity index (χ2n) is 5.27. The fraction of sp³-hybridized carbons (Fsp3) is 0.438. The fourth-order valence-corrected chi connectivity index (χ4v) is 2.89. The minimum atomic E-state index is -0.743. The summed E-state index contributed by atoms with van der Waals surface area (Å²) in [5.74, 6) is -0.365. The van der Waals surface area contributed by atoms with Crippen molar-refractivity contribution in [2.24, 2.45) is 0 Å². The van der Waals surface area contributed by atoms with E-state index in [4.69, 9.17) is 5.11 Å². The summed E-state index contributed by atoms with van der Waals surface area (Å²) in [6.07, 6.45) is 9.52. The Kier molecular flexibility index (Phi) is 7.28. The Balaban J connectivity index is 1.65. The zero-order valence-corrected chi connectivity index (χ0v) is 14.1. The van der Waals surface area contributed by atoms with Gasteiger partial charge in [-0.3, -0.25) is 9.59 Å². The van der Waals surface area contributed by atoms with E-state index in [0.717, 1.165) is 25.7 Å². The third-order valence-electron chi connectivity index (χ3n) is 3.34. The Morgan fingerprint density at radius 3 is 2.50 bits per heavy atom. The zero-order chi connectivity index (χ0) is 17.2. The van der Waals surface area contributed by atoms with Crippen molar-refractivity contribution in [1.29, 1.82) is 0 Å². The van der Waals surface area contributed by atoms with Crippen LogP contribution in [-0.4, -0.2) is 38.5 Å². The molecular formula is C16H20N4O3S. The van der Waals surface area contributed by atoms with Gasteiger partial charge in [0.1, 0.15) is 4.88 Å². The number of carboxylic acids is 1. The first-order chi connectivity index (χ1) is 11.7. The van der Waals surface area contributed by atoms with Crippen molar-refractivity contribution >= 4 is 23.2 Å². The molecule has 0 fully saturated rings. The molecule has 8 heteroatoms. The first kappa shape index (κ1) is 18.0. The van der Waals surface area contributed by atoms with Gasteiger partial charge in [-0.15, -0.1) is 11.3 Å². The van der Waals surface area contributed by atoms with Crippen molar-refractivity contribution in [2.75, 3.05) is 6.54 Å². The van der Waals surface area contributed by atoms with E-state index in [1.54, 1.807) is 18.5 Å². The first-order valence-electron chi connectivity index (χ1n) is 7.90. The van der Waals surface area contributed by atoms with E-state index in [1.807, 2.05) is 0 Å². The maximum atomic E-state index is 12.1. The number of hydrogen-bond acceptors (Lipinski definition) is 6. The van der Waals surface area contributed by atoms with E-state index in [9.17, 15) is 9.59 Å². The molecule has 2 heterocycles. The summed E-state index contributed by atoms with van der Waals surface area (Å²) in [6.45, 7) is 0.604. The first-order valence-corrected chi connectivity index (χ1v) is 8.71. The van der Waals surface area contributed by atoms with Crippen LogP contribution in [-0.2, 0) is 4.79 Å². The second kappa shape index (κ2) is 9.71. The Bertz CT molecular complexity index is 660. The van der Waals surface area contributed by atoms with Crippen LogP contribution in [0.2, 0.25) is 0 Å². The van der Waals surface area contributed by atoms with Gasteiger partial charge in [0.05, 0.1) is 6.20 Å². The van der Waals surface area contributed by atoms with Crippen molar-refractivity contribution in [1.82, 2.24) is 20.3 Å². The number of rotatable bonds is 10. The van der Waals surface area contributed by atoms with Crippen molar-refractivity contribution in [3.8, 4) is 10.8 Å². The monoisotopic (exact) mass is 348 g/mol. The highest BCUT2D eigenvalue weighted by Gasteiger charge is 2.12. The lowest BCUT2D eigenvalue weighted by atomic mass is 10.1. The Morgan fingerprint density at radius 1 is 1.04 bits per heavy atom. The number of amides is 1. The molecule has 0 spiro atoms. The lowest BCUT2D eigenvalue weighted by molar-refractivity contribution is -0.137. The smallest absolute Gasteiger partial charge is 0.303 e. The van der Waals surface area contributed by atoms with Crippen LogP contribution in [0.15, 0.2) is 24.7 Å². The zero-order valence-electron chi connectivity index (χ0n) is 13.3. The predicted molar refractivity (Wildman–Crippen MR) is 90.8 cm³/mol.